The molecule has 0 aromatic heterocycles. The second kappa shape index (κ2) is 4.65. The predicted molar refractivity (Wildman–Crippen MR) is 54.4 cm³/mol. The van der Waals surface area contributed by atoms with Crippen LogP contribution in [0.3, 0.4) is 0 Å². The van der Waals surface area contributed by atoms with Crippen LogP contribution in [-0.2, 0) is 9.36 Å². The molecule has 0 unspecified atom stereocenters. The Hall–Kier alpha value is -0.720. The van der Waals surface area contributed by atoms with Crippen molar-refractivity contribution in [2.24, 2.45) is 0 Å². The van der Waals surface area contributed by atoms with Gasteiger partial charge < -0.3 is 25.3 Å². The molecule has 1 amide bonds. The number of aliphatic hydroxyl groups is 2. The van der Waals surface area contributed by atoms with E-state index in [4.69, 9.17) is 9.79 Å². The first-order chi connectivity index (χ1) is 7.21. The topological polar surface area (TPSA) is 127 Å². The molecule has 8 heteroatoms. The van der Waals surface area contributed by atoms with Gasteiger partial charge in [0.25, 0.3) is 0 Å². The second-order valence-electron chi connectivity index (χ2n) is 3.69. The lowest BCUT2D eigenvalue weighted by Gasteiger charge is -2.31. The van der Waals surface area contributed by atoms with Crippen molar-refractivity contribution in [3.8, 4) is 0 Å². The number of rotatable bonds is 2. The number of hydrogen-bond acceptors (Lipinski definition) is 4. The smallest absolute Gasteiger partial charge is 0.352 e. The SMILES string of the molecule is CC(=O)N[C@H]1[C@H](O)C=C(P(=O)(O)O)C[C@@H]1O. The number of amides is 1. The Morgan fingerprint density at radius 2 is 2.06 bits per heavy atom. The van der Waals surface area contributed by atoms with Gasteiger partial charge in [-0.25, -0.2) is 0 Å². The van der Waals surface area contributed by atoms with Crippen molar-refractivity contribution in [3.05, 3.63) is 11.4 Å². The van der Waals surface area contributed by atoms with E-state index in [0.29, 0.717) is 0 Å². The number of carbonyl (C=O) groups excluding carboxylic acids is 1. The fraction of sp³-hybridized carbons (Fsp3) is 0.625. The standard InChI is InChI=1S/C8H14NO6P/c1-4(10)9-8-6(11)2-5(3-7(8)12)16(13,14)15/h2,6-8,11-12H,3H2,1H3,(H,9,10)(H2,13,14,15)/t6-,7+,8+/m1/s1. The van der Waals surface area contributed by atoms with Gasteiger partial charge in [0.1, 0.15) is 0 Å². The lowest BCUT2D eigenvalue weighted by atomic mass is 9.95. The number of hydrogen-bond donors (Lipinski definition) is 5. The van der Waals surface area contributed by atoms with Crippen LogP contribution in [0.2, 0.25) is 0 Å². The minimum Gasteiger partial charge on any atom is -0.391 e. The van der Waals surface area contributed by atoms with Crippen molar-refractivity contribution in [2.45, 2.75) is 31.6 Å². The molecule has 0 saturated heterocycles. The monoisotopic (exact) mass is 251 g/mol. The average Bonchev–Trinajstić information content (AvgIpc) is 2.09. The Bertz CT molecular complexity index is 362. The van der Waals surface area contributed by atoms with Gasteiger partial charge in [-0.2, -0.15) is 0 Å². The van der Waals surface area contributed by atoms with Crippen LogP contribution < -0.4 is 5.32 Å². The number of aliphatic hydroxyl groups excluding tert-OH is 2. The molecule has 16 heavy (non-hydrogen) atoms. The molecule has 92 valence electrons. The van der Waals surface area contributed by atoms with Crippen LogP contribution in [0.4, 0.5) is 0 Å². The highest BCUT2D eigenvalue weighted by atomic mass is 31.2. The maximum atomic E-state index is 10.9. The highest BCUT2D eigenvalue weighted by Gasteiger charge is 2.36. The third kappa shape index (κ3) is 3.13. The van der Waals surface area contributed by atoms with Crippen molar-refractivity contribution in [3.63, 3.8) is 0 Å². The molecule has 0 bridgehead atoms. The number of carbonyl (C=O) groups is 1. The van der Waals surface area contributed by atoms with Crippen LogP contribution in [0.25, 0.3) is 0 Å². The highest BCUT2D eigenvalue weighted by molar-refractivity contribution is 7.56. The summed E-state index contributed by atoms with van der Waals surface area (Å²) in [6.07, 6.45) is -1.82. The van der Waals surface area contributed by atoms with E-state index in [0.717, 1.165) is 6.08 Å². The fourth-order valence-corrected chi connectivity index (χ4v) is 2.34. The highest BCUT2D eigenvalue weighted by Crippen LogP contribution is 2.49. The van der Waals surface area contributed by atoms with Gasteiger partial charge in [0.05, 0.1) is 18.2 Å². The van der Waals surface area contributed by atoms with Crippen LogP contribution in [0, 0.1) is 0 Å². The van der Waals surface area contributed by atoms with Gasteiger partial charge in [0.2, 0.25) is 5.91 Å². The summed E-state index contributed by atoms with van der Waals surface area (Å²) in [5, 5.41) is 21.1. The van der Waals surface area contributed by atoms with Gasteiger partial charge >= 0.3 is 7.60 Å². The summed E-state index contributed by atoms with van der Waals surface area (Å²) >= 11 is 0. The summed E-state index contributed by atoms with van der Waals surface area (Å²) in [6.45, 7) is 1.22. The Morgan fingerprint density at radius 1 is 1.50 bits per heavy atom. The molecule has 7 nitrogen and oxygen atoms in total. The lowest BCUT2D eigenvalue weighted by molar-refractivity contribution is -0.121. The summed E-state index contributed by atoms with van der Waals surface area (Å²) in [5.41, 5.74) is 0. The molecular weight excluding hydrogens is 237 g/mol. The normalized spacial score (nSPS) is 30.8. The second-order valence-corrected chi connectivity index (χ2v) is 5.35. The van der Waals surface area contributed by atoms with E-state index in [2.05, 4.69) is 5.32 Å². The Labute approximate surface area is 91.9 Å². The summed E-state index contributed by atoms with van der Waals surface area (Å²) in [4.78, 5) is 28.5. The third-order valence-corrected chi connectivity index (χ3v) is 3.39. The van der Waals surface area contributed by atoms with Crippen LogP contribution >= 0.6 is 7.60 Å². The molecule has 0 aromatic carbocycles. The van der Waals surface area contributed by atoms with Crippen molar-refractivity contribution >= 4 is 13.5 Å². The maximum Gasteiger partial charge on any atom is 0.352 e. The summed E-state index contributed by atoms with van der Waals surface area (Å²) < 4.78 is 10.9. The quantitative estimate of drug-likeness (QED) is 0.387. The number of nitrogens with one attached hydrogen (secondary N) is 1. The van der Waals surface area contributed by atoms with Crippen LogP contribution in [0.5, 0.6) is 0 Å². The molecule has 1 rings (SSSR count). The van der Waals surface area contributed by atoms with E-state index < -0.39 is 31.8 Å². The fourth-order valence-electron chi connectivity index (χ4n) is 1.57. The van der Waals surface area contributed by atoms with Crippen LogP contribution in [-0.4, -0.2) is 44.2 Å². The Kier molecular flexibility index (Phi) is 3.88. The van der Waals surface area contributed by atoms with E-state index in [9.17, 15) is 19.6 Å². The third-order valence-electron chi connectivity index (χ3n) is 2.31. The Morgan fingerprint density at radius 3 is 2.44 bits per heavy atom. The molecule has 0 aliphatic heterocycles. The van der Waals surface area contributed by atoms with E-state index in [-0.39, 0.29) is 11.7 Å². The molecule has 0 heterocycles. The maximum absolute atomic E-state index is 10.9. The zero-order valence-electron chi connectivity index (χ0n) is 8.57. The van der Waals surface area contributed by atoms with Crippen molar-refractivity contribution in [1.82, 2.24) is 5.32 Å². The molecular formula is C8H14NO6P. The molecule has 0 saturated carbocycles. The molecule has 3 atom stereocenters. The molecule has 0 fully saturated rings. The largest absolute Gasteiger partial charge is 0.391 e. The lowest BCUT2D eigenvalue weighted by Crippen LogP contribution is -2.51. The zero-order chi connectivity index (χ0) is 12.5. The van der Waals surface area contributed by atoms with Gasteiger partial charge in [-0.3, -0.25) is 9.36 Å². The van der Waals surface area contributed by atoms with E-state index in [1.165, 1.54) is 6.92 Å². The van der Waals surface area contributed by atoms with Gasteiger partial charge in [0.15, 0.2) is 0 Å². The first-order valence-electron chi connectivity index (χ1n) is 4.62. The van der Waals surface area contributed by atoms with Gasteiger partial charge in [-0.15, -0.1) is 0 Å². The van der Waals surface area contributed by atoms with Gasteiger partial charge in [0, 0.05) is 18.7 Å². The van der Waals surface area contributed by atoms with Gasteiger partial charge in [-0.1, -0.05) is 0 Å². The minimum absolute atomic E-state index is 0.272. The predicted octanol–water partition coefficient (Wildman–Crippen LogP) is -1.32. The molecule has 0 aromatic rings. The minimum atomic E-state index is -4.45. The van der Waals surface area contributed by atoms with Crippen LogP contribution in [0.1, 0.15) is 13.3 Å². The molecule has 5 N–H and O–H groups in total. The van der Waals surface area contributed by atoms with Crippen molar-refractivity contribution in [1.29, 1.82) is 0 Å². The van der Waals surface area contributed by atoms with Crippen molar-refractivity contribution < 1.29 is 29.4 Å². The molecule has 0 radical (unpaired) electrons. The van der Waals surface area contributed by atoms with E-state index >= 15 is 0 Å². The van der Waals surface area contributed by atoms with Crippen LogP contribution in [0.15, 0.2) is 11.4 Å². The zero-order valence-corrected chi connectivity index (χ0v) is 9.46. The average molecular weight is 251 g/mol. The summed E-state index contributed by atoms with van der Waals surface area (Å²) in [7, 11) is -4.45. The summed E-state index contributed by atoms with van der Waals surface area (Å²) in [6, 6.07) is -0.937. The van der Waals surface area contributed by atoms with E-state index in [1.807, 2.05) is 0 Å². The van der Waals surface area contributed by atoms with E-state index in [1.54, 1.807) is 0 Å². The first kappa shape index (κ1) is 13.3. The summed E-state index contributed by atoms with van der Waals surface area (Å²) in [5.74, 6) is -0.434. The molecule has 1 aliphatic rings. The van der Waals surface area contributed by atoms with Gasteiger partial charge in [-0.05, 0) is 6.08 Å². The molecule has 0 spiro atoms. The molecule has 1 aliphatic carbocycles. The Balaban J connectivity index is 2.88. The van der Waals surface area contributed by atoms with Crippen molar-refractivity contribution in [2.75, 3.05) is 0 Å². The first-order valence-corrected chi connectivity index (χ1v) is 6.23.